The molecule has 0 bridgehead atoms. The maximum Gasteiger partial charge on any atom is 0.246 e. The van der Waals surface area contributed by atoms with Crippen LogP contribution in [0.5, 0.6) is 5.75 Å². The molecule has 1 heterocycles. The first-order valence-corrected chi connectivity index (χ1v) is 8.33. The first-order chi connectivity index (χ1) is 11.1. The zero-order valence-corrected chi connectivity index (χ0v) is 13.8. The molecule has 2 aliphatic rings. The van der Waals surface area contributed by atoms with E-state index in [0.29, 0.717) is 24.3 Å². The largest absolute Gasteiger partial charge is 0.495 e. The number of methoxy groups -OCH3 is 1. The maximum atomic E-state index is 12.9. The Bertz CT molecular complexity index is 610. The molecular formula is C18H24N2O3. The molecule has 1 aliphatic carbocycles. The van der Waals surface area contributed by atoms with Gasteiger partial charge in [0.1, 0.15) is 11.3 Å². The number of para-hydroxylation sites is 2. The number of amides is 2. The van der Waals surface area contributed by atoms with E-state index >= 15 is 0 Å². The van der Waals surface area contributed by atoms with Crippen LogP contribution in [0.3, 0.4) is 0 Å². The standard InChI is InChI=1S/C18H24N2O3/c1-18(17(22)19-13-7-3-4-8-13)12-11-16(21)20(18)14-9-5-6-10-15(14)23-2/h5-6,9-10,13H,3-4,7-8,11-12H2,1-2H3,(H,19,22). The molecule has 2 fully saturated rings. The number of ether oxygens (including phenoxy) is 1. The van der Waals surface area contributed by atoms with E-state index in [2.05, 4.69) is 5.32 Å². The Hall–Kier alpha value is -2.04. The van der Waals surface area contributed by atoms with E-state index in [1.54, 1.807) is 12.0 Å². The van der Waals surface area contributed by atoms with Gasteiger partial charge in [-0.05, 0) is 38.3 Å². The van der Waals surface area contributed by atoms with E-state index in [9.17, 15) is 9.59 Å². The highest BCUT2D eigenvalue weighted by atomic mass is 16.5. The first kappa shape index (κ1) is 15.8. The third-order valence-corrected chi connectivity index (χ3v) is 5.07. The predicted molar refractivity (Wildman–Crippen MR) is 88.5 cm³/mol. The lowest BCUT2D eigenvalue weighted by molar-refractivity contribution is -0.127. The lowest BCUT2D eigenvalue weighted by Gasteiger charge is -2.35. The summed E-state index contributed by atoms with van der Waals surface area (Å²) in [4.78, 5) is 27.0. The minimum atomic E-state index is -0.853. The molecular weight excluding hydrogens is 292 g/mol. The summed E-state index contributed by atoms with van der Waals surface area (Å²) in [6.07, 6.45) is 5.30. The Balaban J connectivity index is 1.90. The molecule has 0 radical (unpaired) electrons. The first-order valence-electron chi connectivity index (χ1n) is 8.33. The van der Waals surface area contributed by atoms with Crippen LogP contribution >= 0.6 is 0 Å². The van der Waals surface area contributed by atoms with Crippen LogP contribution in [0.25, 0.3) is 0 Å². The summed E-state index contributed by atoms with van der Waals surface area (Å²) in [5.74, 6) is 0.530. The fraction of sp³-hybridized carbons (Fsp3) is 0.556. The van der Waals surface area contributed by atoms with Crippen molar-refractivity contribution in [1.29, 1.82) is 0 Å². The van der Waals surface area contributed by atoms with E-state index in [1.807, 2.05) is 31.2 Å². The molecule has 1 atom stereocenters. The fourth-order valence-electron chi connectivity index (χ4n) is 3.69. The van der Waals surface area contributed by atoms with Gasteiger partial charge in [0, 0.05) is 12.5 Å². The Kier molecular flexibility index (Phi) is 4.28. The smallest absolute Gasteiger partial charge is 0.246 e. The molecule has 1 aliphatic heterocycles. The molecule has 1 aromatic carbocycles. The number of benzene rings is 1. The van der Waals surface area contributed by atoms with Crippen LogP contribution in [0.4, 0.5) is 5.69 Å². The lowest BCUT2D eigenvalue weighted by Crippen LogP contribution is -2.56. The number of nitrogens with zero attached hydrogens (tertiary/aromatic N) is 1. The summed E-state index contributed by atoms with van der Waals surface area (Å²) < 4.78 is 5.39. The Morgan fingerprint density at radius 1 is 1.30 bits per heavy atom. The van der Waals surface area contributed by atoms with Gasteiger partial charge in [0.05, 0.1) is 12.8 Å². The van der Waals surface area contributed by atoms with E-state index < -0.39 is 5.54 Å². The van der Waals surface area contributed by atoms with Gasteiger partial charge in [-0.1, -0.05) is 25.0 Å². The van der Waals surface area contributed by atoms with Crippen LogP contribution in [-0.2, 0) is 9.59 Å². The minimum Gasteiger partial charge on any atom is -0.495 e. The van der Waals surface area contributed by atoms with E-state index in [4.69, 9.17) is 4.74 Å². The van der Waals surface area contributed by atoms with E-state index in [0.717, 1.165) is 25.7 Å². The summed E-state index contributed by atoms with van der Waals surface area (Å²) in [6, 6.07) is 7.62. The van der Waals surface area contributed by atoms with Crippen molar-refractivity contribution in [1.82, 2.24) is 5.32 Å². The molecule has 3 rings (SSSR count). The average Bonchev–Trinajstić information content (AvgIpc) is 3.16. The number of hydrogen-bond acceptors (Lipinski definition) is 3. The van der Waals surface area contributed by atoms with Gasteiger partial charge < -0.3 is 10.1 Å². The number of nitrogens with one attached hydrogen (secondary N) is 1. The van der Waals surface area contributed by atoms with Crippen molar-refractivity contribution in [2.75, 3.05) is 12.0 Å². The molecule has 1 aromatic rings. The molecule has 0 aromatic heterocycles. The normalized spacial score (nSPS) is 25.0. The van der Waals surface area contributed by atoms with Crippen molar-refractivity contribution in [3.63, 3.8) is 0 Å². The molecule has 1 saturated carbocycles. The Morgan fingerprint density at radius 3 is 2.70 bits per heavy atom. The van der Waals surface area contributed by atoms with Crippen molar-refractivity contribution in [3.05, 3.63) is 24.3 Å². The fourth-order valence-corrected chi connectivity index (χ4v) is 3.69. The van der Waals surface area contributed by atoms with Crippen molar-refractivity contribution < 1.29 is 14.3 Å². The minimum absolute atomic E-state index is 0.0291. The molecule has 5 heteroatoms. The Labute approximate surface area is 137 Å². The molecule has 124 valence electrons. The number of carbonyl (C=O) groups is 2. The number of rotatable bonds is 4. The van der Waals surface area contributed by atoms with Crippen LogP contribution in [0, 0.1) is 0 Å². The monoisotopic (exact) mass is 316 g/mol. The third-order valence-electron chi connectivity index (χ3n) is 5.07. The predicted octanol–water partition coefficient (Wildman–Crippen LogP) is 2.64. The van der Waals surface area contributed by atoms with Gasteiger partial charge in [-0.25, -0.2) is 0 Å². The van der Waals surface area contributed by atoms with E-state index in [1.165, 1.54) is 0 Å². The average molecular weight is 316 g/mol. The Morgan fingerprint density at radius 2 is 2.00 bits per heavy atom. The highest BCUT2D eigenvalue weighted by molar-refractivity contribution is 6.07. The van der Waals surface area contributed by atoms with Crippen molar-refractivity contribution in [2.45, 2.75) is 57.0 Å². The van der Waals surface area contributed by atoms with Gasteiger partial charge in [-0.2, -0.15) is 0 Å². The number of anilines is 1. The van der Waals surface area contributed by atoms with Crippen LogP contribution in [-0.4, -0.2) is 30.5 Å². The second-order valence-electron chi connectivity index (χ2n) is 6.63. The summed E-state index contributed by atoms with van der Waals surface area (Å²) in [5.41, 5.74) is -0.185. The van der Waals surface area contributed by atoms with Crippen LogP contribution in [0.1, 0.15) is 45.4 Å². The number of hydrogen-bond donors (Lipinski definition) is 1. The van der Waals surface area contributed by atoms with Gasteiger partial charge >= 0.3 is 0 Å². The topological polar surface area (TPSA) is 58.6 Å². The van der Waals surface area contributed by atoms with Gasteiger partial charge in [0.15, 0.2) is 0 Å². The van der Waals surface area contributed by atoms with Gasteiger partial charge in [0.25, 0.3) is 0 Å². The maximum absolute atomic E-state index is 12.9. The molecule has 1 unspecified atom stereocenters. The highest BCUT2D eigenvalue weighted by Gasteiger charge is 2.49. The molecule has 2 amide bonds. The summed E-state index contributed by atoms with van der Waals surface area (Å²) in [5, 5.41) is 3.15. The van der Waals surface area contributed by atoms with Crippen LogP contribution < -0.4 is 15.0 Å². The van der Waals surface area contributed by atoms with Gasteiger partial charge in [-0.3, -0.25) is 14.5 Å². The third kappa shape index (κ3) is 2.80. The lowest BCUT2D eigenvalue weighted by atomic mass is 9.96. The van der Waals surface area contributed by atoms with Gasteiger partial charge in [-0.15, -0.1) is 0 Å². The molecule has 23 heavy (non-hydrogen) atoms. The zero-order valence-electron chi connectivity index (χ0n) is 13.8. The summed E-state index contributed by atoms with van der Waals surface area (Å²) >= 11 is 0. The molecule has 5 nitrogen and oxygen atoms in total. The highest BCUT2D eigenvalue weighted by Crippen LogP contribution is 2.40. The van der Waals surface area contributed by atoms with Gasteiger partial charge in [0.2, 0.25) is 11.8 Å². The number of carbonyl (C=O) groups excluding carboxylic acids is 2. The second kappa shape index (κ2) is 6.22. The van der Waals surface area contributed by atoms with Crippen LogP contribution in [0.2, 0.25) is 0 Å². The molecule has 1 N–H and O–H groups in total. The van der Waals surface area contributed by atoms with Crippen molar-refractivity contribution >= 4 is 17.5 Å². The van der Waals surface area contributed by atoms with Crippen molar-refractivity contribution in [2.24, 2.45) is 0 Å². The summed E-state index contributed by atoms with van der Waals surface area (Å²) in [7, 11) is 1.58. The van der Waals surface area contributed by atoms with Crippen molar-refractivity contribution in [3.8, 4) is 5.75 Å². The second-order valence-corrected chi connectivity index (χ2v) is 6.63. The quantitative estimate of drug-likeness (QED) is 0.929. The SMILES string of the molecule is COc1ccccc1N1C(=O)CCC1(C)C(=O)NC1CCCC1. The van der Waals surface area contributed by atoms with Crippen LogP contribution in [0.15, 0.2) is 24.3 Å². The molecule has 0 spiro atoms. The molecule has 1 saturated heterocycles. The zero-order chi connectivity index (χ0) is 16.4. The van der Waals surface area contributed by atoms with E-state index in [-0.39, 0.29) is 17.9 Å². The summed E-state index contributed by atoms with van der Waals surface area (Å²) in [6.45, 7) is 1.86.